The van der Waals surface area contributed by atoms with Crippen molar-refractivity contribution < 1.29 is 8.78 Å². The van der Waals surface area contributed by atoms with Crippen LogP contribution in [0.3, 0.4) is 0 Å². The molecule has 0 amide bonds. The molecule has 9 heteroatoms. The molecule has 4 rings (SSSR count). The first-order chi connectivity index (χ1) is 11.5. The highest BCUT2D eigenvalue weighted by Crippen LogP contribution is 2.25. The van der Waals surface area contributed by atoms with Gasteiger partial charge in [0.1, 0.15) is 11.6 Å². The van der Waals surface area contributed by atoms with E-state index in [9.17, 15) is 13.6 Å². The summed E-state index contributed by atoms with van der Waals surface area (Å²) in [4.78, 5) is 17.1. The fraction of sp³-hybridized carbons (Fsp3) is 0. The molecule has 24 heavy (non-hydrogen) atoms. The number of rotatable bonds is 2. The standard InChI is InChI=1S/C15H7ClF2N4OS/c16-7-1-3-9-12(5-7)20-15-22(13(9)23)21-14(24-15)19-11-4-2-8(17)6-10(11)18/h1-6H,(H,19,21). The number of nitrogens with zero attached hydrogens (tertiary/aromatic N) is 3. The van der Waals surface area contributed by atoms with Crippen LogP contribution in [0.4, 0.5) is 19.6 Å². The first-order valence-corrected chi connectivity index (χ1v) is 7.92. The maximum Gasteiger partial charge on any atom is 0.283 e. The van der Waals surface area contributed by atoms with Gasteiger partial charge in [0.05, 0.1) is 16.6 Å². The second-order valence-corrected chi connectivity index (χ2v) is 6.32. The summed E-state index contributed by atoms with van der Waals surface area (Å²) in [6.07, 6.45) is 0. The van der Waals surface area contributed by atoms with E-state index in [1.165, 1.54) is 6.07 Å². The second-order valence-electron chi connectivity index (χ2n) is 4.93. The highest BCUT2D eigenvalue weighted by atomic mass is 35.5. The first kappa shape index (κ1) is 15.0. The molecule has 0 bridgehead atoms. The van der Waals surface area contributed by atoms with Crippen molar-refractivity contribution in [3.05, 3.63) is 63.4 Å². The van der Waals surface area contributed by atoms with Gasteiger partial charge in [-0.15, -0.1) is 5.10 Å². The molecular weight excluding hydrogens is 358 g/mol. The Bertz CT molecular complexity index is 1160. The van der Waals surface area contributed by atoms with E-state index in [0.29, 0.717) is 20.9 Å². The number of nitrogens with one attached hydrogen (secondary N) is 1. The van der Waals surface area contributed by atoms with Gasteiger partial charge in [-0.25, -0.2) is 13.8 Å². The maximum absolute atomic E-state index is 13.7. The lowest BCUT2D eigenvalue weighted by Gasteiger charge is -2.02. The van der Waals surface area contributed by atoms with Crippen LogP contribution in [-0.4, -0.2) is 14.6 Å². The van der Waals surface area contributed by atoms with Gasteiger partial charge < -0.3 is 5.32 Å². The normalized spacial score (nSPS) is 11.3. The van der Waals surface area contributed by atoms with Crippen molar-refractivity contribution in [2.24, 2.45) is 0 Å². The van der Waals surface area contributed by atoms with Crippen molar-refractivity contribution in [1.82, 2.24) is 14.6 Å². The van der Waals surface area contributed by atoms with Crippen molar-refractivity contribution in [3.8, 4) is 0 Å². The van der Waals surface area contributed by atoms with Crippen LogP contribution < -0.4 is 10.9 Å². The average Bonchev–Trinajstić information content (AvgIpc) is 2.93. The number of anilines is 2. The summed E-state index contributed by atoms with van der Waals surface area (Å²) in [5.41, 5.74) is 0.155. The van der Waals surface area contributed by atoms with Crippen LogP contribution in [0.2, 0.25) is 5.02 Å². The van der Waals surface area contributed by atoms with Crippen molar-refractivity contribution in [2.45, 2.75) is 0 Å². The predicted molar refractivity (Wildman–Crippen MR) is 89.3 cm³/mol. The van der Waals surface area contributed by atoms with Crippen LogP contribution in [0.1, 0.15) is 0 Å². The molecular formula is C15H7ClF2N4OS. The molecule has 0 fully saturated rings. The van der Waals surface area contributed by atoms with Crippen molar-refractivity contribution in [3.63, 3.8) is 0 Å². The largest absolute Gasteiger partial charge is 0.328 e. The van der Waals surface area contributed by atoms with E-state index in [2.05, 4.69) is 15.4 Å². The third kappa shape index (κ3) is 2.49. The minimum absolute atomic E-state index is 0.0519. The molecule has 0 saturated carbocycles. The van der Waals surface area contributed by atoms with Gasteiger partial charge in [-0.1, -0.05) is 22.9 Å². The Morgan fingerprint density at radius 1 is 1.17 bits per heavy atom. The van der Waals surface area contributed by atoms with Gasteiger partial charge in [0.15, 0.2) is 0 Å². The van der Waals surface area contributed by atoms with Gasteiger partial charge in [0, 0.05) is 11.1 Å². The second kappa shape index (κ2) is 5.50. The molecule has 4 aromatic rings. The minimum Gasteiger partial charge on any atom is -0.328 e. The van der Waals surface area contributed by atoms with Crippen molar-refractivity contribution in [1.29, 1.82) is 0 Å². The molecule has 120 valence electrons. The summed E-state index contributed by atoms with van der Waals surface area (Å²) in [5, 5.41) is 7.92. The molecule has 0 radical (unpaired) electrons. The van der Waals surface area contributed by atoms with Crippen molar-refractivity contribution >= 4 is 49.6 Å². The lowest BCUT2D eigenvalue weighted by molar-refractivity contribution is 0.586. The summed E-state index contributed by atoms with van der Waals surface area (Å²) < 4.78 is 27.8. The van der Waals surface area contributed by atoms with E-state index in [-0.39, 0.29) is 16.4 Å². The van der Waals surface area contributed by atoms with Crippen LogP contribution >= 0.6 is 22.9 Å². The van der Waals surface area contributed by atoms with E-state index in [1.54, 1.807) is 18.2 Å². The first-order valence-electron chi connectivity index (χ1n) is 6.72. The Hall–Kier alpha value is -2.58. The Morgan fingerprint density at radius 3 is 2.79 bits per heavy atom. The van der Waals surface area contributed by atoms with Gasteiger partial charge in [-0.05, 0) is 30.3 Å². The fourth-order valence-corrected chi connectivity index (χ4v) is 3.21. The van der Waals surface area contributed by atoms with Gasteiger partial charge in [0.2, 0.25) is 10.1 Å². The van der Waals surface area contributed by atoms with Crippen molar-refractivity contribution in [2.75, 3.05) is 5.32 Å². The van der Waals surface area contributed by atoms with Crippen LogP contribution in [0, 0.1) is 11.6 Å². The number of fused-ring (bicyclic) bond motifs is 2. The summed E-state index contributed by atoms with van der Waals surface area (Å²) in [5.74, 6) is -1.44. The van der Waals surface area contributed by atoms with Crippen LogP contribution in [0.5, 0.6) is 0 Å². The van der Waals surface area contributed by atoms with Gasteiger partial charge in [-0.3, -0.25) is 4.79 Å². The molecule has 0 unspecified atom stereocenters. The fourth-order valence-electron chi connectivity index (χ4n) is 2.24. The molecule has 1 N–H and O–H groups in total. The molecule has 2 heterocycles. The van der Waals surface area contributed by atoms with E-state index < -0.39 is 11.6 Å². The molecule has 0 spiro atoms. The zero-order valence-corrected chi connectivity index (χ0v) is 13.3. The zero-order chi connectivity index (χ0) is 16.8. The van der Waals surface area contributed by atoms with Gasteiger partial charge in [0.25, 0.3) is 5.56 Å². The average molecular weight is 365 g/mol. The molecule has 0 atom stereocenters. The smallest absolute Gasteiger partial charge is 0.283 e. The Labute approximate surface area is 142 Å². The number of hydrogen-bond donors (Lipinski definition) is 1. The molecule has 0 aliphatic carbocycles. The molecule has 2 aromatic carbocycles. The summed E-state index contributed by atoms with van der Waals surface area (Å²) in [6.45, 7) is 0. The molecule has 0 aliphatic heterocycles. The molecule has 5 nitrogen and oxygen atoms in total. The topological polar surface area (TPSA) is 59.3 Å². The molecule has 0 saturated heterocycles. The van der Waals surface area contributed by atoms with Crippen LogP contribution in [0.25, 0.3) is 15.9 Å². The van der Waals surface area contributed by atoms with Gasteiger partial charge >= 0.3 is 0 Å². The third-order valence-corrected chi connectivity index (χ3v) is 4.39. The molecule has 0 aliphatic rings. The lowest BCUT2D eigenvalue weighted by atomic mass is 10.2. The van der Waals surface area contributed by atoms with E-state index in [4.69, 9.17) is 11.6 Å². The van der Waals surface area contributed by atoms with E-state index >= 15 is 0 Å². The van der Waals surface area contributed by atoms with Crippen LogP contribution in [-0.2, 0) is 0 Å². The minimum atomic E-state index is -0.758. The number of benzene rings is 2. The number of halogens is 3. The van der Waals surface area contributed by atoms with E-state index in [1.807, 2.05) is 0 Å². The number of aromatic nitrogens is 3. The summed E-state index contributed by atoms with van der Waals surface area (Å²) in [7, 11) is 0. The molecule has 2 aromatic heterocycles. The highest BCUT2D eigenvalue weighted by Gasteiger charge is 2.13. The lowest BCUT2D eigenvalue weighted by Crippen LogP contribution is -2.15. The quantitative estimate of drug-likeness (QED) is 0.584. The summed E-state index contributed by atoms with van der Waals surface area (Å²) >= 11 is 6.99. The monoisotopic (exact) mass is 364 g/mol. The Morgan fingerprint density at radius 2 is 2.00 bits per heavy atom. The third-order valence-electron chi connectivity index (χ3n) is 3.33. The highest BCUT2D eigenvalue weighted by molar-refractivity contribution is 7.20. The maximum atomic E-state index is 13.7. The zero-order valence-electron chi connectivity index (χ0n) is 11.8. The van der Waals surface area contributed by atoms with Gasteiger partial charge in [-0.2, -0.15) is 4.52 Å². The predicted octanol–water partition coefficient (Wildman–Crippen LogP) is 3.98. The number of hydrogen-bond acceptors (Lipinski definition) is 5. The summed E-state index contributed by atoms with van der Waals surface area (Å²) in [6, 6.07) is 7.90. The SMILES string of the molecule is O=c1c2ccc(Cl)cc2nc2sc(Nc3ccc(F)cc3F)nn12. The Balaban J connectivity index is 1.84. The Kier molecular flexibility index (Phi) is 3.43. The van der Waals surface area contributed by atoms with Crippen LogP contribution in [0.15, 0.2) is 41.2 Å². The van der Waals surface area contributed by atoms with E-state index in [0.717, 1.165) is 28.0 Å².